The fourth-order valence-corrected chi connectivity index (χ4v) is 4.16. The van der Waals surface area contributed by atoms with Crippen molar-refractivity contribution in [2.75, 3.05) is 6.54 Å². The maximum atomic E-state index is 12.7. The lowest BCUT2D eigenvalue weighted by Crippen LogP contribution is -2.36. The predicted molar refractivity (Wildman–Crippen MR) is 77.6 cm³/mol. The van der Waals surface area contributed by atoms with Crippen LogP contribution in [0.5, 0.6) is 0 Å². The lowest BCUT2D eigenvalue weighted by Gasteiger charge is -2.24. The number of benzene rings is 1. The Hall–Kier alpha value is -1.38. The third-order valence-corrected chi connectivity index (χ3v) is 5.34. The lowest BCUT2D eigenvalue weighted by molar-refractivity contribution is 0.360. The zero-order chi connectivity index (χ0) is 14.9. The SMILES string of the molecule is Cc1cc(S(=O)(=O)N(CC(C)C)C2CC2)ccc1C#N. The quantitative estimate of drug-likeness (QED) is 0.838. The van der Waals surface area contributed by atoms with Crippen molar-refractivity contribution < 1.29 is 8.42 Å². The number of sulfonamides is 1. The number of hydrogen-bond acceptors (Lipinski definition) is 3. The summed E-state index contributed by atoms with van der Waals surface area (Å²) in [6.07, 6.45) is 1.89. The molecule has 2 rings (SSSR count). The van der Waals surface area contributed by atoms with Gasteiger partial charge in [0.25, 0.3) is 0 Å². The molecule has 1 aliphatic carbocycles. The molecule has 0 aromatic heterocycles. The minimum absolute atomic E-state index is 0.151. The van der Waals surface area contributed by atoms with Crippen LogP contribution in [0.25, 0.3) is 0 Å². The molecule has 1 aromatic rings. The summed E-state index contributed by atoms with van der Waals surface area (Å²) in [4.78, 5) is 0.293. The molecule has 1 saturated carbocycles. The summed E-state index contributed by atoms with van der Waals surface area (Å²) >= 11 is 0. The fraction of sp³-hybridized carbons (Fsp3) is 0.533. The third kappa shape index (κ3) is 3.02. The van der Waals surface area contributed by atoms with Crippen LogP contribution in [-0.2, 0) is 10.0 Å². The molecule has 0 atom stereocenters. The van der Waals surface area contributed by atoms with Crippen molar-refractivity contribution in [2.24, 2.45) is 5.92 Å². The standard InChI is InChI=1S/C15H20N2O2S/c1-11(2)10-17(14-5-6-14)20(18,19)15-7-4-13(9-16)12(3)8-15/h4,7-8,11,14H,5-6,10H2,1-3H3. The van der Waals surface area contributed by atoms with Crippen LogP contribution in [0.4, 0.5) is 0 Å². The summed E-state index contributed by atoms with van der Waals surface area (Å²) in [5, 5.41) is 8.93. The lowest BCUT2D eigenvalue weighted by atomic mass is 10.1. The highest BCUT2D eigenvalue weighted by atomic mass is 32.2. The van der Waals surface area contributed by atoms with E-state index in [1.54, 1.807) is 23.4 Å². The summed E-state index contributed by atoms with van der Waals surface area (Å²) in [5.41, 5.74) is 1.22. The summed E-state index contributed by atoms with van der Waals surface area (Å²) < 4.78 is 27.1. The van der Waals surface area contributed by atoms with Gasteiger partial charge in [0.2, 0.25) is 10.0 Å². The van der Waals surface area contributed by atoms with E-state index in [4.69, 9.17) is 5.26 Å². The van der Waals surface area contributed by atoms with E-state index in [9.17, 15) is 8.42 Å². The van der Waals surface area contributed by atoms with E-state index in [0.717, 1.165) is 12.8 Å². The van der Waals surface area contributed by atoms with Crippen LogP contribution in [0.1, 0.15) is 37.8 Å². The molecule has 4 nitrogen and oxygen atoms in total. The van der Waals surface area contributed by atoms with Crippen molar-refractivity contribution in [1.29, 1.82) is 5.26 Å². The van der Waals surface area contributed by atoms with Crippen molar-refractivity contribution in [3.63, 3.8) is 0 Å². The monoisotopic (exact) mass is 292 g/mol. The second-order valence-electron chi connectivity index (χ2n) is 5.79. The molecule has 0 aliphatic heterocycles. The minimum atomic E-state index is -3.46. The van der Waals surface area contributed by atoms with Crippen LogP contribution in [0.3, 0.4) is 0 Å². The fourth-order valence-electron chi connectivity index (χ4n) is 2.22. The molecule has 0 radical (unpaired) electrons. The topological polar surface area (TPSA) is 61.2 Å². The Morgan fingerprint density at radius 2 is 2.05 bits per heavy atom. The molecule has 1 fully saturated rings. The molecular weight excluding hydrogens is 272 g/mol. The Bertz CT molecular complexity index is 640. The van der Waals surface area contributed by atoms with Gasteiger partial charge in [-0.25, -0.2) is 8.42 Å². The molecule has 5 heteroatoms. The van der Waals surface area contributed by atoms with E-state index >= 15 is 0 Å². The first-order chi connectivity index (χ1) is 9.36. The first-order valence-corrected chi connectivity index (χ1v) is 8.33. The molecule has 20 heavy (non-hydrogen) atoms. The summed E-state index contributed by atoms with van der Waals surface area (Å²) in [6.45, 7) is 6.36. The number of aryl methyl sites for hydroxylation is 1. The zero-order valence-corrected chi connectivity index (χ0v) is 12.9. The summed E-state index contributed by atoms with van der Waals surface area (Å²) in [6, 6.07) is 6.94. The molecule has 108 valence electrons. The van der Waals surface area contributed by atoms with Gasteiger partial charge >= 0.3 is 0 Å². The Balaban J connectivity index is 2.38. The highest BCUT2D eigenvalue weighted by molar-refractivity contribution is 7.89. The first-order valence-electron chi connectivity index (χ1n) is 6.89. The Morgan fingerprint density at radius 3 is 2.50 bits per heavy atom. The normalized spacial score (nSPS) is 15.6. The highest BCUT2D eigenvalue weighted by Gasteiger charge is 2.38. The van der Waals surface area contributed by atoms with Gasteiger partial charge in [-0.2, -0.15) is 9.57 Å². The van der Waals surface area contributed by atoms with Gasteiger partial charge in [0.15, 0.2) is 0 Å². The maximum absolute atomic E-state index is 12.7. The van der Waals surface area contributed by atoms with E-state index in [2.05, 4.69) is 6.07 Å². The third-order valence-electron chi connectivity index (χ3n) is 3.42. The zero-order valence-electron chi connectivity index (χ0n) is 12.1. The van der Waals surface area contributed by atoms with Gasteiger partial charge in [-0.05, 0) is 49.4 Å². The Morgan fingerprint density at radius 1 is 1.40 bits per heavy atom. The average Bonchev–Trinajstić information content (AvgIpc) is 3.19. The van der Waals surface area contributed by atoms with Crippen molar-refractivity contribution in [3.05, 3.63) is 29.3 Å². The predicted octanol–water partition coefficient (Wildman–Crippen LogP) is 2.68. The molecule has 0 saturated heterocycles. The molecular formula is C15H20N2O2S. The van der Waals surface area contributed by atoms with E-state index < -0.39 is 10.0 Å². The molecule has 1 aromatic carbocycles. The molecule has 1 aliphatic rings. The van der Waals surface area contributed by atoms with E-state index in [0.29, 0.717) is 28.5 Å². The summed E-state index contributed by atoms with van der Waals surface area (Å²) in [7, 11) is -3.46. The van der Waals surface area contributed by atoms with Crippen molar-refractivity contribution in [1.82, 2.24) is 4.31 Å². The van der Waals surface area contributed by atoms with Crippen molar-refractivity contribution >= 4 is 10.0 Å². The largest absolute Gasteiger partial charge is 0.243 e. The minimum Gasteiger partial charge on any atom is -0.207 e. The smallest absolute Gasteiger partial charge is 0.207 e. The second-order valence-corrected chi connectivity index (χ2v) is 7.68. The molecule has 0 bridgehead atoms. The molecule has 0 heterocycles. The van der Waals surface area contributed by atoms with Gasteiger partial charge in [-0.3, -0.25) is 0 Å². The second kappa shape index (κ2) is 5.55. The highest BCUT2D eigenvalue weighted by Crippen LogP contribution is 2.33. The van der Waals surface area contributed by atoms with E-state index in [1.807, 2.05) is 13.8 Å². The van der Waals surface area contributed by atoms with Gasteiger partial charge in [0, 0.05) is 12.6 Å². The number of nitriles is 1. The van der Waals surface area contributed by atoms with Crippen LogP contribution in [-0.4, -0.2) is 25.3 Å². The number of nitrogens with zero attached hydrogens (tertiary/aromatic N) is 2. The van der Waals surface area contributed by atoms with Crippen LogP contribution in [0, 0.1) is 24.2 Å². The number of hydrogen-bond donors (Lipinski definition) is 0. The average molecular weight is 292 g/mol. The molecule has 0 N–H and O–H groups in total. The van der Waals surface area contributed by atoms with Crippen molar-refractivity contribution in [3.8, 4) is 6.07 Å². The van der Waals surface area contributed by atoms with Gasteiger partial charge in [-0.1, -0.05) is 13.8 Å². The number of rotatable bonds is 5. The first kappa shape index (κ1) is 15.0. The Kier molecular flexibility index (Phi) is 4.17. The van der Waals surface area contributed by atoms with Crippen LogP contribution < -0.4 is 0 Å². The van der Waals surface area contributed by atoms with E-state index in [-0.39, 0.29) is 6.04 Å². The van der Waals surface area contributed by atoms with Gasteiger partial charge in [0.1, 0.15) is 0 Å². The maximum Gasteiger partial charge on any atom is 0.243 e. The van der Waals surface area contributed by atoms with Crippen LogP contribution in [0.15, 0.2) is 23.1 Å². The van der Waals surface area contributed by atoms with Gasteiger partial charge in [-0.15, -0.1) is 0 Å². The Labute approximate surface area is 121 Å². The summed E-state index contributed by atoms with van der Waals surface area (Å²) in [5.74, 6) is 0.296. The molecule has 0 amide bonds. The van der Waals surface area contributed by atoms with E-state index in [1.165, 1.54) is 6.07 Å². The van der Waals surface area contributed by atoms with Crippen molar-refractivity contribution in [2.45, 2.75) is 44.6 Å². The van der Waals surface area contributed by atoms with Crippen LogP contribution in [0.2, 0.25) is 0 Å². The van der Waals surface area contributed by atoms with Gasteiger partial charge < -0.3 is 0 Å². The van der Waals surface area contributed by atoms with Crippen LogP contribution >= 0.6 is 0 Å². The molecule has 0 spiro atoms. The molecule has 0 unspecified atom stereocenters. The van der Waals surface area contributed by atoms with Gasteiger partial charge in [0.05, 0.1) is 16.5 Å².